The summed E-state index contributed by atoms with van der Waals surface area (Å²) in [6.07, 6.45) is 7.04. The lowest BCUT2D eigenvalue weighted by Gasteiger charge is -2.23. The molecule has 1 rings (SSSR count). The van der Waals surface area contributed by atoms with Gasteiger partial charge in [-0.1, -0.05) is 13.0 Å². The smallest absolute Gasteiger partial charge is 0.150 e. The van der Waals surface area contributed by atoms with Crippen LogP contribution in [0.2, 0.25) is 0 Å². The van der Waals surface area contributed by atoms with E-state index in [2.05, 4.69) is 18.8 Å². The second kappa shape index (κ2) is 7.17. The highest BCUT2D eigenvalue weighted by Crippen LogP contribution is 2.24. The number of nitrogens with one attached hydrogen (secondary N) is 1. The molecule has 0 bridgehead atoms. The largest absolute Gasteiger partial charge is 0.314 e. The first-order chi connectivity index (χ1) is 8.09. The summed E-state index contributed by atoms with van der Waals surface area (Å²) < 4.78 is 23.0. The zero-order valence-electron chi connectivity index (χ0n) is 10.8. The molecule has 2 unspecified atom stereocenters. The molecule has 1 heterocycles. The molecule has 0 saturated carbocycles. The van der Waals surface area contributed by atoms with Crippen LogP contribution in [0, 0.1) is 5.92 Å². The van der Waals surface area contributed by atoms with Gasteiger partial charge in [0.05, 0.1) is 11.5 Å². The van der Waals surface area contributed by atoms with E-state index >= 15 is 0 Å². The minimum Gasteiger partial charge on any atom is -0.314 e. The van der Waals surface area contributed by atoms with Crippen molar-refractivity contribution in [2.75, 3.05) is 18.1 Å². The Morgan fingerprint density at radius 1 is 1.53 bits per heavy atom. The fraction of sp³-hybridized carbons (Fsp3) is 0.846. The molecule has 0 spiro atoms. The predicted octanol–water partition coefficient (Wildman–Crippen LogP) is 2.15. The van der Waals surface area contributed by atoms with Gasteiger partial charge in [0.2, 0.25) is 0 Å². The van der Waals surface area contributed by atoms with Crippen LogP contribution in [0.4, 0.5) is 0 Å². The molecule has 1 aliphatic rings. The highest BCUT2D eigenvalue weighted by molar-refractivity contribution is 7.91. The number of allylic oxidation sites excluding steroid dienone is 1. The predicted molar refractivity (Wildman–Crippen MR) is 72.9 cm³/mol. The number of rotatable bonds is 8. The normalized spacial score (nSPS) is 24.6. The fourth-order valence-corrected chi connectivity index (χ4v) is 4.34. The van der Waals surface area contributed by atoms with Crippen LogP contribution in [-0.2, 0) is 9.84 Å². The van der Waals surface area contributed by atoms with Crippen molar-refractivity contribution in [2.45, 2.75) is 45.1 Å². The van der Waals surface area contributed by atoms with Crippen LogP contribution in [-0.4, -0.2) is 32.5 Å². The Kier molecular flexibility index (Phi) is 6.20. The SMILES string of the molecule is C=CCCCC(NCCC)C1CCS(=O)(=O)C1. The molecule has 0 radical (unpaired) electrons. The van der Waals surface area contributed by atoms with Gasteiger partial charge in [-0.05, 0) is 44.6 Å². The molecule has 3 nitrogen and oxygen atoms in total. The topological polar surface area (TPSA) is 46.2 Å². The molecule has 0 aromatic rings. The van der Waals surface area contributed by atoms with Gasteiger partial charge in [0.25, 0.3) is 0 Å². The van der Waals surface area contributed by atoms with Crippen molar-refractivity contribution < 1.29 is 8.42 Å². The fourth-order valence-electron chi connectivity index (χ4n) is 2.46. The first-order valence-corrected chi connectivity index (χ1v) is 8.46. The molecule has 100 valence electrons. The Morgan fingerprint density at radius 2 is 2.29 bits per heavy atom. The molecule has 1 saturated heterocycles. The molecule has 1 N–H and O–H groups in total. The molecule has 0 aromatic carbocycles. The van der Waals surface area contributed by atoms with Crippen LogP contribution in [0.3, 0.4) is 0 Å². The lowest BCUT2D eigenvalue weighted by molar-refractivity contribution is 0.355. The Bertz CT molecular complexity index is 324. The maximum absolute atomic E-state index is 11.5. The van der Waals surface area contributed by atoms with Crippen LogP contribution >= 0.6 is 0 Å². The van der Waals surface area contributed by atoms with Gasteiger partial charge in [0.1, 0.15) is 0 Å². The Morgan fingerprint density at radius 3 is 2.82 bits per heavy atom. The minimum absolute atomic E-state index is 0.316. The zero-order valence-corrected chi connectivity index (χ0v) is 11.6. The van der Waals surface area contributed by atoms with Gasteiger partial charge in [-0.15, -0.1) is 6.58 Å². The van der Waals surface area contributed by atoms with Crippen LogP contribution in [0.15, 0.2) is 12.7 Å². The molecule has 2 atom stereocenters. The van der Waals surface area contributed by atoms with Gasteiger partial charge >= 0.3 is 0 Å². The summed E-state index contributed by atoms with van der Waals surface area (Å²) in [5, 5.41) is 3.51. The third-order valence-corrected chi connectivity index (χ3v) is 5.21. The number of hydrogen-bond acceptors (Lipinski definition) is 3. The van der Waals surface area contributed by atoms with E-state index in [4.69, 9.17) is 0 Å². The summed E-state index contributed by atoms with van der Waals surface area (Å²) in [7, 11) is -2.76. The zero-order chi connectivity index (χ0) is 12.7. The molecular formula is C13H25NO2S. The second-order valence-electron chi connectivity index (χ2n) is 4.94. The maximum Gasteiger partial charge on any atom is 0.150 e. The second-order valence-corrected chi connectivity index (χ2v) is 7.17. The molecule has 1 aliphatic heterocycles. The Labute approximate surface area is 106 Å². The van der Waals surface area contributed by atoms with Gasteiger partial charge in [0, 0.05) is 6.04 Å². The van der Waals surface area contributed by atoms with Gasteiger partial charge in [-0.25, -0.2) is 8.42 Å². The lowest BCUT2D eigenvalue weighted by atomic mass is 9.94. The van der Waals surface area contributed by atoms with Crippen molar-refractivity contribution in [2.24, 2.45) is 5.92 Å². The van der Waals surface area contributed by atoms with E-state index in [1.807, 2.05) is 6.08 Å². The van der Waals surface area contributed by atoms with Crippen LogP contribution in [0.1, 0.15) is 39.0 Å². The molecule has 4 heteroatoms. The summed E-state index contributed by atoms with van der Waals surface area (Å²) in [4.78, 5) is 0. The monoisotopic (exact) mass is 259 g/mol. The van der Waals surface area contributed by atoms with E-state index in [0.717, 1.165) is 38.6 Å². The summed E-state index contributed by atoms with van der Waals surface area (Å²) >= 11 is 0. The highest BCUT2D eigenvalue weighted by atomic mass is 32.2. The van der Waals surface area contributed by atoms with E-state index < -0.39 is 9.84 Å². The first-order valence-electron chi connectivity index (χ1n) is 6.63. The Balaban J connectivity index is 2.47. The summed E-state index contributed by atoms with van der Waals surface area (Å²) in [5.41, 5.74) is 0. The average molecular weight is 259 g/mol. The van der Waals surface area contributed by atoms with Crippen molar-refractivity contribution in [1.82, 2.24) is 5.32 Å². The molecule has 1 fully saturated rings. The lowest BCUT2D eigenvalue weighted by Crippen LogP contribution is -2.37. The van der Waals surface area contributed by atoms with Crippen LogP contribution < -0.4 is 5.32 Å². The van der Waals surface area contributed by atoms with Crippen molar-refractivity contribution in [3.05, 3.63) is 12.7 Å². The van der Waals surface area contributed by atoms with Crippen molar-refractivity contribution in [3.63, 3.8) is 0 Å². The minimum atomic E-state index is -2.76. The summed E-state index contributed by atoms with van der Waals surface area (Å²) in [6.45, 7) is 6.84. The standard InChI is InChI=1S/C13H25NO2S/c1-3-5-6-7-13(14-9-4-2)12-8-10-17(15,16)11-12/h3,12-14H,1,4-11H2,2H3. The van der Waals surface area contributed by atoms with Gasteiger partial charge < -0.3 is 5.32 Å². The maximum atomic E-state index is 11.5. The van der Waals surface area contributed by atoms with Crippen LogP contribution in [0.25, 0.3) is 0 Å². The number of unbranched alkanes of at least 4 members (excludes halogenated alkanes) is 1. The molecule has 17 heavy (non-hydrogen) atoms. The van der Waals surface area contributed by atoms with E-state index in [1.54, 1.807) is 0 Å². The quantitative estimate of drug-likeness (QED) is 0.536. The summed E-state index contributed by atoms with van der Waals surface area (Å²) in [6, 6.07) is 0.368. The van der Waals surface area contributed by atoms with E-state index in [1.165, 1.54) is 0 Å². The van der Waals surface area contributed by atoms with Gasteiger partial charge in [0.15, 0.2) is 9.84 Å². The van der Waals surface area contributed by atoms with E-state index in [-0.39, 0.29) is 0 Å². The summed E-state index contributed by atoms with van der Waals surface area (Å²) in [5.74, 6) is 1.07. The Hall–Kier alpha value is -0.350. The van der Waals surface area contributed by atoms with E-state index in [0.29, 0.717) is 23.5 Å². The molecule has 0 aromatic heterocycles. The number of sulfone groups is 1. The third-order valence-electron chi connectivity index (χ3n) is 3.42. The molecular weight excluding hydrogens is 234 g/mol. The average Bonchev–Trinajstić information content (AvgIpc) is 2.64. The van der Waals surface area contributed by atoms with Crippen LogP contribution in [0.5, 0.6) is 0 Å². The molecule has 0 aliphatic carbocycles. The number of hydrogen-bond donors (Lipinski definition) is 1. The van der Waals surface area contributed by atoms with Gasteiger partial charge in [-0.2, -0.15) is 0 Å². The van der Waals surface area contributed by atoms with Gasteiger partial charge in [-0.3, -0.25) is 0 Å². The van der Waals surface area contributed by atoms with Crippen molar-refractivity contribution in [3.8, 4) is 0 Å². The highest BCUT2D eigenvalue weighted by Gasteiger charge is 2.32. The first kappa shape index (κ1) is 14.7. The molecule has 0 amide bonds. The third kappa shape index (κ3) is 5.21. The van der Waals surface area contributed by atoms with Crippen molar-refractivity contribution in [1.29, 1.82) is 0 Å². The van der Waals surface area contributed by atoms with E-state index in [9.17, 15) is 8.42 Å². The van der Waals surface area contributed by atoms with Crippen molar-refractivity contribution >= 4 is 9.84 Å².